The lowest BCUT2D eigenvalue weighted by Gasteiger charge is -2.47. The van der Waals surface area contributed by atoms with Gasteiger partial charge in [0.25, 0.3) is 5.91 Å². The number of amides is 2. The van der Waals surface area contributed by atoms with Crippen LogP contribution in [0.15, 0.2) is 72.8 Å². The van der Waals surface area contributed by atoms with Gasteiger partial charge in [-0.1, -0.05) is 48.5 Å². The van der Waals surface area contributed by atoms with E-state index in [-0.39, 0.29) is 30.9 Å². The topological polar surface area (TPSA) is 86.4 Å². The van der Waals surface area contributed by atoms with Gasteiger partial charge in [0, 0.05) is 37.8 Å². The first-order valence-electron chi connectivity index (χ1n) is 14.6. The predicted octanol–water partition coefficient (Wildman–Crippen LogP) is 4.21. The zero-order valence-corrected chi connectivity index (χ0v) is 26.0. The number of benzene rings is 3. The number of hydrogen-bond donors (Lipinski definition) is 2. The van der Waals surface area contributed by atoms with Crippen LogP contribution in [0.2, 0.25) is 0 Å². The molecule has 0 aromatic heterocycles. The molecule has 2 N–H and O–H groups in total. The molecule has 5 rings (SSSR count). The number of ether oxygens (including phenoxy) is 2. The van der Waals surface area contributed by atoms with Gasteiger partial charge >= 0.3 is 0 Å². The Labute approximate surface area is 262 Å². The normalized spacial score (nSPS) is 18.0. The Hall–Kier alpha value is -4.22. The van der Waals surface area contributed by atoms with E-state index >= 15 is 4.39 Å². The summed E-state index contributed by atoms with van der Waals surface area (Å²) in [6.07, 6.45) is 0.729. The van der Waals surface area contributed by atoms with Gasteiger partial charge in [-0.25, -0.2) is 4.39 Å². The van der Waals surface area contributed by atoms with E-state index in [4.69, 9.17) is 21.7 Å². The first-order chi connectivity index (χ1) is 21.2. The quantitative estimate of drug-likeness (QED) is 0.327. The highest BCUT2D eigenvalue weighted by molar-refractivity contribution is 7.80. The number of rotatable bonds is 10. The fourth-order valence-corrected chi connectivity index (χ4v) is 6.15. The maximum Gasteiger partial charge on any atom is 0.250 e. The second-order valence-corrected chi connectivity index (χ2v) is 11.6. The summed E-state index contributed by atoms with van der Waals surface area (Å²) in [5, 5.41) is 6.80. The number of nitrogens with one attached hydrogen (secondary N) is 2. The van der Waals surface area contributed by atoms with Gasteiger partial charge < -0.3 is 34.8 Å². The third kappa shape index (κ3) is 6.63. The average molecular weight is 620 g/mol. The Kier molecular flexibility index (Phi) is 9.65. The Morgan fingerprint density at radius 1 is 1.05 bits per heavy atom. The van der Waals surface area contributed by atoms with Crippen molar-refractivity contribution in [2.24, 2.45) is 0 Å². The molecule has 1 atom stereocenters. The van der Waals surface area contributed by atoms with Crippen LogP contribution in [0.1, 0.15) is 30.0 Å². The molecule has 0 radical (unpaired) electrons. The van der Waals surface area contributed by atoms with Gasteiger partial charge in [-0.3, -0.25) is 9.59 Å². The number of carbonyl (C=O) groups excluding carboxylic acids is 2. The summed E-state index contributed by atoms with van der Waals surface area (Å²) in [7, 11) is 5.05. The maximum absolute atomic E-state index is 15.1. The lowest BCUT2D eigenvalue weighted by Crippen LogP contribution is -2.64. The highest BCUT2D eigenvalue weighted by Crippen LogP contribution is 2.35. The molecule has 2 aliphatic rings. The van der Waals surface area contributed by atoms with Crippen LogP contribution < -0.4 is 20.1 Å². The van der Waals surface area contributed by atoms with E-state index in [2.05, 4.69) is 15.5 Å². The first kappa shape index (κ1) is 31.2. The second-order valence-electron chi connectivity index (χ2n) is 11.2. The van der Waals surface area contributed by atoms with E-state index in [1.165, 1.54) is 13.2 Å². The molecular formula is C33H38FN5O4S. The lowest BCUT2D eigenvalue weighted by molar-refractivity contribution is -0.150. The minimum atomic E-state index is -1.26. The summed E-state index contributed by atoms with van der Waals surface area (Å²) in [6, 6.07) is 21.3. The molecule has 3 aromatic rings. The Morgan fingerprint density at radius 2 is 1.75 bits per heavy atom. The zero-order chi connectivity index (χ0) is 31.3. The predicted molar refractivity (Wildman–Crippen MR) is 171 cm³/mol. The van der Waals surface area contributed by atoms with Gasteiger partial charge in [-0.05, 0) is 55.9 Å². The van der Waals surface area contributed by atoms with Crippen molar-refractivity contribution in [3.05, 3.63) is 89.7 Å². The van der Waals surface area contributed by atoms with Crippen LogP contribution in [0.3, 0.4) is 0 Å². The van der Waals surface area contributed by atoms with Crippen molar-refractivity contribution in [2.75, 3.05) is 52.8 Å². The molecule has 9 nitrogen and oxygen atoms in total. The van der Waals surface area contributed by atoms with Crippen molar-refractivity contribution in [1.29, 1.82) is 0 Å². The number of nitrogens with zero attached hydrogens (tertiary/aromatic N) is 3. The van der Waals surface area contributed by atoms with Crippen molar-refractivity contribution in [3.8, 4) is 11.5 Å². The standard InChI is InChI=1S/C33H38FN5O4S/c1-37-17-15-33(16-18-37,31(41)35-27-14-13-25(42-2)19-29(27)43-3)39(20-24-11-7-8-12-26(24)34)30(40)22-38-21-28(36-32(38)44)23-9-5-4-6-10-23/h4-14,19,28H,15-18,20-22H2,1-3H3,(H,35,41)(H,36,44)/t28-/m0/s1. The number of thiocarbonyl (C=S) groups is 1. The largest absolute Gasteiger partial charge is 0.497 e. The molecule has 2 amide bonds. The number of halogens is 1. The van der Waals surface area contributed by atoms with Gasteiger partial charge in [-0.2, -0.15) is 0 Å². The summed E-state index contributed by atoms with van der Waals surface area (Å²) in [4.78, 5) is 34.3. The third-order valence-electron chi connectivity index (χ3n) is 8.51. The molecule has 3 aromatic carbocycles. The van der Waals surface area contributed by atoms with Gasteiger partial charge in [0.1, 0.15) is 22.9 Å². The fraction of sp³-hybridized carbons (Fsp3) is 0.364. The van der Waals surface area contributed by atoms with E-state index in [9.17, 15) is 9.59 Å². The summed E-state index contributed by atoms with van der Waals surface area (Å²) in [5.41, 5.74) is 0.584. The number of hydrogen-bond acceptors (Lipinski definition) is 6. The van der Waals surface area contributed by atoms with Crippen molar-refractivity contribution >= 4 is 34.8 Å². The van der Waals surface area contributed by atoms with E-state index in [0.29, 0.717) is 60.3 Å². The molecule has 0 saturated carbocycles. The Morgan fingerprint density at radius 3 is 2.43 bits per heavy atom. The van der Waals surface area contributed by atoms with Crippen molar-refractivity contribution < 1.29 is 23.5 Å². The molecule has 232 valence electrons. The summed E-state index contributed by atoms with van der Waals surface area (Å²) >= 11 is 5.63. The van der Waals surface area contributed by atoms with Crippen molar-refractivity contribution in [2.45, 2.75) is 31.0 Å². The van der Waals surface area contributed by atoms with Crippen molar-refractivity contribution in [3.63, 3.8) is 0 Å². The molecular weight excluding hydrogens is 581 g/mol. The Bertz CT molecular complexity index is 1500. The van der Waals surface area contributed by atoms with Gasteiger partial charge in [0.05, 0.1) is 32.5 Å². The monoisotopic (exact) mass is 619 g/mol. The number of anilines is 1. The number of methoxy groups -OCH3 is 2. The highest BCUT2D eigenvalue weighted by atomic mass is 32.1. The van der Waals surface area contributed by atoms with Crippen LogP contribution >= 0.6 is 12.2 Å². The Balaban J connectivity index is 1.48. The van der Waals surface area contributed by atoms with E-state index in [0.717, 1.165) is 5.56 Å². The summed E-state index contributed by atoms with van der Waals surface area (Å²) in [5.74, 6) is -0.105. The molecule has 0 unspecified atom stereocenters. The molecule has 0 aliphatic carbocycles. The van der Waals surface area contributed by atoms with Crippen molar-refractivity contribution in [1.82, 2.24) is 20.0 Å². The number of likely N-dealkylation sites (tertiary alicyclic amines) is 1. The molecule has 11 heteroatoms. The number of carbonyl (C=O) groups is 2. The molecule has 0 bridgehead atoms. The average Bonchev–Trinajstić information content (AvgIpc) is 3.41. The minimum Gasteiger partial charge on any atom is -0.497 e. The highest BCUT2D eigenvalue weighted by Gasteiger charge is 2.49. The van der Waals surface area contributed by atoms with Crippen LogP contribution in [0.25, 0.3) is 0 Å². The third-order valence-corrected chi connectivity index (χ3v) is 8.89. The van der Waals surface area contributed by atoms with Gasteiger partial charge in [0.15, 0.2) is 5.11 Å². The van der Waals surface area contributed by atoms with E-state index in [1.807, 2.05) is 42.3 Å². The molecule has 2 fully saturated rings. The van der Waals surface area contributed by atoms with Crippen LogP contribution in [0.5, 0.6) is 11.5 Å². The summed E-state index contributed by atoms with van der Waals surface area (Å²) in [6.45, 7) is 1.52. The number of piperidine rings is 1. The maximum atomic E-state index is 15.1. The summed E-state index contributed by atoms with van der Waals surface area (Å²) < 4.78 is 25.9. The molecule has 2 saturated heterocycles. The van der Waals surface area contributed by atoms with Crippen LogP contribution in [-0.2, 0) is 16.1 Å². The smallest absolute Gasteiger partial charge is 0.250 e. The van der Waals surface area contributed by atoms with Crippen LogP contribution in [0, 0.1) is 5.82 Å². The van der Waals surface area contributed by atoms with Gasteiger partial charge in [-0.15, -0.1) is 0 Å². The second kappa shape index (κ2) is 13.6. The van der Waals surface area contributed by atoms with Crippen LogP contribution in [-0.4, -0.2) is 84.6 Å². The SMILES string of the molecule is COc1ccc(NC(=O)C2(N(Cc3ccccc3F)C(=O)CN3C[C@@H](c4ccccc4)NC3=S)CCN(C)CC2)c(OC)c1. The zero-order valence-electron chi connectivity index (χ0n) is 25.2. The molecule has 0 spiro atoms. The van der Waals surface area contributed by atoms with Gasteiger partial charge in [0.2, 0.25) is 5.91 Å². The molecule has 2 heterocycles. The molecule has 44 heavy (non-hydrogen) atoms. The first-order valence-corrected chi connectivity index (χ1v) is 15.0. The minimum absolute atomic E-state index is 0.0552. The van der Waals surface area contributed by atoms with Crippen LogP contribution in [0.4, 0.5) is 10.1 Å². The fourth-order valence-electron chi connectivity index (χ4n) is 5.87. The van der Waals surface area contributed by atoms with E-state index in [1.54, 1.807) is 48.4 Å². The lowest BCUT2D eigenvalue weighted by atomic mass is 9.83. The van der Waals surface area contributed by atoms with E-state index < -0.39 is 11.4 Å². The molecule has 2 aliphatic heterocycles.